The molecular weight excluding hydrogens is 268 g/mol. The molecule has 1 aliphatic carbocycles. The fraction of sp³-hybridized carbons (Fsp3) is 0.667. The Morgan fingerprint density at radius 1 is 1.24 bits per heavy atom. The second-order valence-corrected chi connectivity index (χ2v) is 6.28. The quantitative estimate of drug-likeness (QED) is 0.758. The highest BCUT2D eigenvalue weighted by atomic mass is 19.2. The summed E-state index contributed by atoms with van der Waals surface area (Å²) < 4.78 is 27.8. The van der Waals surface area contributed by atoms with E-state index in [0.717, 1.165) is 31.7 Å². The third-order valence-corrected chi connectivity index (χ3v) is 4.80. The van der Waals surface area contributed by atoms with Crippen LogP contribution >= 0.6 is 0 Å². The molecule has 1 aliphatic rings. The number of benzene rings is 1. The predicted octanol–water partition coefficient (Wildman–Crippen LogP) is 5.22. The molecule has 2 rings (SSSR count). The smallest absolute Gasteiger partial charge is 0.163 e. The van der Waals surface area contributed by atoms with E-state index in [0.29, 0.717) is 11.5 Å². The van der Waals surface area contributed by atoms with Gasteiger partial charge in [0, 0.05) is 11.6 Å². The molecule has 3 atom stereocenters. The molecule has 3 heteroatoms. The Bertz CT molecular complexity index is 447. The van der Waals surface area contributed by atoms with Crippen molar-refractivity contribution in [1.82, 2.24) is 5.32 Å². The summed E-state index contributed by atoms with van der Waals surface area (Å²) in [6.07, 6.45) is 6.88. The highest BCUT2D eigenvalue weighted by Gasteiger charge is 2.30. The summed E-state index contributed by atoms with van der Waals surface area (Å²) in [6.45, 7) is 5.17. The number of hydrogen-bond donors (Lipinski definition) is 1. The third kappa shape index (κ3) is 4.03. The molecule has 0 aromatic heterocycles. The minimum atomic E-state index is -0.737. The molecule has 0 amide bonds. The monoisotopic (exact) mass is 295 g/mol. The van der Waals surface area contributed by atoms with Crippen LogP contribution < -0.4 is 5.32 Å². The van der Waals surface area contributed by atoms with Crippen LogP contribution in [0.25, 0.3) is 0 Å². The molecule has 0 saturated heterocycles. The Hall–Kier alpha value is -0.960. The zero-order chi connectivity index (χ0) is 15.2. The molecule has 118 valence electrons. The lowest BCUT2D eigenvalue weighted by molar-refractivity contribution is 0.206. The lowest BCUT2D eigenvalue weighted by Crippen LogP contribution is -2.33. The maximum Gasteiger partial charge on any atom is 0.163 e. The van der Waals surface area contributed by atoms with E-state index in [2.05, 4.69) is 19.2 Å². The summed E-state index contributed by atoms with van der Waals surface area (Å²) in [5.74, 6) is -0.277. The van der Waals surface area contributed by atoms with E-state index in [-0.39, 0.29) is 6.04 Å². The zero-order valence-corrected chi connectivity index (χ0v) is 13.2. The molecule has 1 fully saturated rings. The molecular formula is C18H27F2N. The normalized spacial score (nSPS) is 24.0. The fourth-order valence-corrected chi connectivity index (χ4v) is 3.60. The van der Waals surface area contributed by atoms with E-state index >= 15 is 0 Å². The van der Waals surface area contributed by atoms with E-state index < -0.39 is 11.6 Å². The number of halogens is 2. The van der Waals surface area contributed by atoms with Gasteiger partial charge in [0.05, 0.1) is 0 Å². The van der Waals surface area contributed by atoms with E-state index in [1.807, 2.05) is 0 Å². The first-order chi connectivity index (χ1) is 10.2. The van der Waals surface area contributed by atoms with Crippen LogP contribution in [0.15, 0.2) is 18.2 Å². The van der Waals surface area contributed by atoms with Gasteiger partial charge in [-0.15, -0.1) is 0 Å². The van der Waals surface area contributed by atoms with Crippen LogP contribution in [0.4, 0.5) is 8.78 Å². The summed E-state index contributed by atoms with van der Waals surface area (Å²) >= 11 is 0. The second kappa shape index (κ2) is 7.88. The van der Waals surface area contributed by atoms with Crippen molar-refractivity contribution in [2.24, 2.45) is 11.8 Å². The minimum absolute atomic E-state index is 0.0602. The van der Waals surface area contributed by atoms with Gasteiger partial charge in [-0.1, -0.05) is 45.2 Å². The Balaban J connectivity index is 2.23. The highest BCUT2D eigenvalue weighted by Crippen LogP contribution is 2.39. The molecule has 1 nitrogen and oxygen atoms in total. The molecule has 0 aliphatic heterocycles. The van der Waals surface area contributed by atoms with Gasteiger partial charge in [-0.2, -0.15) is 0 Å². The molecule has 0 heterocycles. The standard InChI is InChI=1S/C18H27F2N/c1-3-11-21-18(14-8-5-7-13(4-2)12-14)15-9-6-10-16(19)17(15)20/h6,9-10,13-14,18,21H,3-5,7-8,11-12H2,1-2H3. The molecule has 21 heavy (non-hydrogen) atoms. The summed E-state index contributed by atoms with van der Waals surface area (Å²) in [5, 5.41) is 3.46. The zero-order valence-electron chi connectivity index (χ0n) is 13.2. The number of rotatable bonds is 6. The first-order valence-corrected chi connectivity index (χ1v) is 8.34. The molecule has 0 bridgehead atoms. The van der Waals surface area contributed by atoms with Crippen LogP contribution in [-0.4, -0.2) is 6.54 Å². The number of nitrogens with one attached hydrogen (secondary N) is 1. The SMILES string of the molecule is CCCNC(c1cccc(F)c1F)C1CCCC(CC)C1. The molecule has 1 aromatic carbocycles. The highest BCUT2D eigenvalue weighted by molar-refractivity contribution is 5.23. The summed E-state index contributed by atoms with van der Waals surface area (Å²) in [6, 6.07) is 4.50. The van der Waals surface area contributed by atoms with Crippen LogP contribution in [-0.2, 0) is 0 Å². The molecule has 1 N–H and O–H groups in total. The van der Waals surface area contributed by atoms with Gasteiger partial charge >= 0.3 is 0 Å². The van der Waals surface area contributed by atoms with Gasteiger partial charge < -0.3 is 5.32 Å². The Morgan fingerprint density at radius 2 is 2.05 bits per heavy atom. The first kappa shape index (κ1) is 16.4. The van der Waals surface area contributed by atoms with E-state index in [1.165, 1.54) is 25.3 Å². The van der Waals surface area contributed by atoms with Gasteiger partial charge in [0.2, 0.25) is 0 Å². The van der Waals surface area contributed by atoms with Crippen molar-refractivity contribution < 1.29 is 8.78 Å². The Labute approximate surface area is 127 Å². The Morgan fingerprint density at radius 3 is 2.76 bits per heavy atom. The van der Waals surface area contributed by atoms with Crippen molar-refractivity contribution in [3.05, 3.63) is 35.4 Å². The van der Waals surface area contributed by atoms with Crippen LogP contribution in [0.3, 0.4) is 0 Å². The average Bonchev–Trinajstić information content (AvgIpc) is 2.52. The third-order valence-electron chi connectivity index (χ3n) is 4.80. The van der Waals surface area contributed by atoms with Crippen LogP contribution in [0, 0.1) is 23.5 Å². The minimum Gasteiger partial charge on any atom is -0.310 e. The molecule has 1 saturated carbocycles. The molecule has 3 unspecified atom stereocenters. The number of hydrogen-bond acceptors (Lipinski definition) is 1. The predicted molar refractivity (Wildman–Crippen MR) is 83.1 cm³/mol. The lowest BCUT2D eigenvalue weighted by Gasteiger charge is -2.35. The van der Waals surface area contributed by atoms with Crippen LogP contribution in [0.5, 0.6) is 0 Å². The van der Waals surface area contributed by atoms with Gasteiger partial charge in [-0.3, -0.25) is 0 Å². The van der Waals surface area contributed by atoms with Gasteiger partial charge in [0.25, 0.3) is 0 Å². The summed E-state index contributed by atoms with van der Waals surface area (Å²) in [5.41, 5.74) is 0.505. The van der Waals surface area contributed by atoms with Crippen molar-refractivity contribution in [2.45, 2.75) is 58.4 Å². The van der Waals surface area contributed by atoms with Gasteiger partial charge in [0.15, 0.2) is 11.6 Å². The van der Waals surface area contributed by atoms with Crippen molar-refractivity contribution in [2.75, 3.05) is 6.54 Å². The van der Waals surface area contributed by atoms with Crippen molar-refractivity contribution in [3.8, 4) is 0 Å². The van der Waals surface area contributed by atoms with E-state index in [1.54, 1.807) is 12.1 Å². The van der Waals surface area contributed by atoms with Crippen LogP contribution in [0.1, 0.15) is 64.0 Å². The van der Waals surface area contributed by atoms with E-state index in [9.17, 15) is 8.78 Å². The Kier molecular flexibility index (Phi) is 6.16. The average molecular weight is 295 g/mol. The van der Waals surface area contributed by atoms with Crippen molar-refractivity contribution in [3.63, 3.8) is 0 Å². The lowest BCUT2D eigenvalue weighted by atomic mass is 9.75. The topological polar surface area (TPSA) is 12.0 Å². The van der Waals surface area contributed by atoms with Crippen molar-refractivity contribution in [1.29, 1.82) is 0 Å². The maximum atomic E-state index is 14.2. The molecule has 0 radical (unpaired) electrons. The van der Waals surface area contributed by atoms with E-state index in [4.69, 9.17) is 0 Å². The van der Waals surface area contributed by atoms with Gasteiger partial charge in [-0.25, -0.2) is 8.78 Å². The van der Waals surface area contributed by atoms with Crippen LogP contribution in [0.2, 0.25) is 0 Å². The maximum absolute atomic E-state index is 14.2. The molecule has 1 aromatic rings. The summed E-state index contributed by atoms with van der Waals surface area (Å²) in [4.78, 5) is 0. The van der Waals surface area contributed by atoms with Crippen molar-refractivity contribution >= 4 is 0 Å². The largest absolute Gasteiger partial charge is 0.310 e. The summed E-state index contributed by atoms with van der Waals surface area (Å²) in [7, 11) is 0. The second-order valence-electron chi connectivity index (χ2n) is 6.28. The fourth-order valence-electron chi connectivity index (χ4n) is 3.60. The van der Waals surface area contributed by atoms with Gasteiger partial charge in [0.1, 0.15) is 0 Å². The van der Waals surface area contributed by atoms with Gasteiger partial charge in [-0.05, 0) is 43.7 Å². The first-order valence-electron chi connectivity index (χ1n) is 8.34. The molecule has 0 spiro atoms.